The SMILES string of the molecule is CC(C)NCC(=O)N(Cc1cccs1)C(C)C. The van der Waals surface area contributed by atoms with Gasteiger partial charge in [-0.15, -0.1) is 11.3 Å². The second-order valence-electron chi connectivity index (χ2n) is 4.73. The first-order valence-electron chi connectivity index (χ1n) is 6.06. The first-order valence-corrected chi connectivity index (χ1v) is 6.94. The predicted octanol–water partition coefficient (Wildman–Crippen LogP) is 2.48. The summed E-state index contributed by atoms with van der Waals surface area (Å²) in [5.41, 5.74) is 0. The van der Waals surface area contributed by atoms with Crippen LogP contribution in [-0.2, 0) is 11.3 Å². The molecule has 0 aliphatic rings. The molecule has 0 aromatic carbocycles. The molecule has 3 nitrogen and oxygen atoms in total. The van der Waals surface area contributed by atoms with Crippen LogP contribution in [0.25, 0.3) is 0 Å². The summed E-state index contributed by atoms with van der Waals surface area (Å²) in [5.74, 6) is 0.169. The summed E-state index contributed by atoms with van der Waals surface area (Å²) in [6.07, 6.45) is 0. The van der Waals surface area contributed by atoms with E-state index in [-0.39, 0.29) is 11.9 Å². The number of hydrogen-bond donors (Lipinski definition) is 1. The van der Waals surface area contributed by atoms with Crippen LogP contribution in [0.3, 0.4) is 0 Å². The normalized spacial score (nSPS) is 11.2. The van der Waals surface area contributed by atoms with Crippen molar-refractivity contribution < 1.29 is 4.79 Å². The van der Waals surface area contributed by atoms with E-state index in [1.54, 1.807) is 11.3 Å². The number of nitrogens with zero attached hydrogens (tertiary/aromatic N) is 1. The molecule has 1 amide bonds. The average Bonchev–Trinajstić information content (AvgIpc) is 2.74. The number of carbonyl (C=O) groups is 1. The van der Waals surface area contributed by atoms with Crippen LogP contribution >= 0.6 is 11.3 Å². The molecule has 17 heavy (non-hydrogen) atoms. The Labute approximate surface area is 108 Å². The van der Waals surface area contributed by atoms with Crippen LogP contribution in [0.15, 0.2) is 17.5 Å². The maximum atomic E-state index is 12.1. The summed E-state index contributed by atoms with van der Waals surface area (Å²) in [4.78, 5) is 15.2. The molecule has 4 heteroatoms. The van der Waals surface area contributed by atoms with Crippen LogP contribution in [0, 0.1) is 0 Å². The first-order chi connectivity index (χ1) is 8.00. The van der Waals surface area contributed by atoms with Crippen LogP contribution in [-0.4, -0.2) is 29.4 Å². The first kappa shape index (κ1) is 14.2. The molecule has 0 radical (unpaired) electrons. The molecule has 0 aliphatic heterocycles. The van der Waals surface area contributed by atoms with Crippen molar-refractivity contribution in [1.29, 1.82) is 0 Å². The van der Waals surface area contributed by atoms with Gasteiger partial charge in [0.25, 0.3) is 0 Å². The Hall–Kier alpha value is -0.870. The fourth-order valence-electron chi connectivity index (χ4n) is 1.52. The lowest BCUT2D eigenvalue weighted by Gasteiger charge is -2.27. The highest BCUT2D eigenvalue weighted by Crippen LogP contribution is 2.13. The summed E-state index contributed by atoms with van der Waals surface area (Å²) >= 11 is 1.70. The van der Waals surface area contributed by atoms with Crippen molar-refractivity contribution in [3.05, 3.63) is 22.4 Å². The van der Waals surface area contributed by atoms with E-state index >= 15 is 0 Å². The monoisotopic (exact) mass is 254 g/mol. The minimum atomic E-state index is 0.169. The van der Waals surface area contributed by atoms with E-state index < -0.39 is 0 Å². The zero-order chi connectivity index (χ0) is 12.8. The Balaban J connectivity index is 2.56. The highest BCUT2D eigenvalue weighted by Gasteiger charge is 2.17. The van der Waals surface area contributed by atoms with Crippen molar-refractivity contribution in [3.63, 3.8) is 0 Å². The van der Waals surface area contributed by atoms with Crippen molar-refractivity contribution in [2.45, 2.75) is 46.3 Å². The van der Waals surface area contributed by atoms with Crippen molar-refractivity contribution in [1.82, 2.24) is 10.2 Å². The summed E-state index contributed by atoms with van der Waals surface area (Å²) in [6.45, 7) is 9.34. The third kappa shape index (κ3) is 4.88. The molecule has 0 fully saturated rings. The van der Waals surface area contributed by atoms with Crippen molar-refractivity contribution >= 4 is 17.2 Å². The maximum absolute atomic E-state index is 12.1. The van der Waals surface area contributed by atoms with Gasteiger partial charge in [0.1, 0.15) is 0 Å². The zero-order valence-corrected chi connectivity index (χ0v) is 11.9. The molecule has 1 heterocycles. The van der Waals surface area contributed by atoms with Gasteiger partial charge in [0.05, 0.1) is 13.1 Å². The molecular formula is C13H22N2OS. The minimum Gasteiger partial charge on any atom is -0.334 e. The van der Waals surface area contributed by atoms with E-state index in [9.17, 15) is 4.79 Å². The van der Waals surface area contributed by atoms with Crippen LogP contribution < -0.4 is 5.32 Å². The topological polar surface area (TPSA) is 32.3 Å². The van der Waals surface area contributed by atoms with E-state index in [4.69, 9.17) is 0 Å². The molecule has 96 valence electrons. The van der Waals surface area contributed by atoms with Crippen LogP contribution in [0.1, 0.15) is 32.6 Å². The average molecular weight is 254 g/mol. The maximum Gasteiger partial charge on any atom is 0.237 e. The van der Waals surface area contributed by atoms with Gasteiger partial charge in [-0.25, -0.2) is 0 Å². The number of nitrogens with one attached hydrogen (secondary N) is 1. The van der Waals surface area contributed by atoms with Gasteiger partial charge in [-0.2, -0.15) is 0 Å². The Kier molecular flexibility index (Phi) is 5.65. The van der Waals surface area contributed by atoms with Crippen LogP contribution in [0.4, 0.5) is 0 Å². The van der Waals surface area contributed by atoms with Gasteiger partial charge in [-0.05, 0) is 25.3 Å². The Bertz CT molecular complexity index is 333. The summed E-state index contributed by atoms with van der Waals surface area (Å²) < 4.78 is 0. The van der Waals surface area contributed by atoms with Gasteiger partial charge in [-0.1, -0.05) is 19.9 Å². The number of hydrogen-bond acceptors (Lipinski definition) is 3. The molecule has 0 unspecified atom stereocenters. The Morgan fingerprint density at radius 3 is 2.59 bits per heavy atom. The van der Waals surface area contributed by atoms with Gasteiger partial charge in [0.15, 0.2) is 0 Å². The molecule has 1 aromatic rings. The molecule has 0 atom stereocenters. The lowest BCUT2D eigenvalue weighted by atomic mass is 10.2. The third-order valence-corrected chi connectivity index (χ3v) is 3.37. The van der Waals surface area contributed by atoms with Gasteiger partial charge in [0, 0.05) is 17.0 Å². The van der Waals surface area contributed by atoms with Crippen molar-refractivity contribution in [2.75, 3.05) is 6.54 Å². The van der Waals surface area contributed by atoms with E-state index in [1.165, 1.54) is 4.88 Å². The molecule has 1 N–H and O–H groups in total. The lowest BCUT2D eigenvalue weighted by molar-refractivity contribution is -0.132. The smallest absolute Gasteiger partial charge is 0.237 e. The fraction of sp³-hybridized carbons (Fsp3) is 0.615. The molecule has 0 saturated carbocycles. The largest absolute Gasteiger partial charge is 0.334 e. The molecule has 1 rings (SSSR count). The molecule has 1 aromatic heterocycles. The van der Waals surface area contributed by atoms with Crippen molar-refractivity contribution in [3.8, 4) is 0 Å². The summed E-state index contributed by atoms with van der Waals surface area (Å²) in [6, 6.07) is 4.67. The fourth-order valence-corrected chi connectivity index (χ4v) is 2.22. The second kappa shape index (κ2) is 6.77. The summed E-state index contributed by atoms with van der Waals surface area (Å²) in [7, 11) is 0. The van der Waals surface area contributed by atoms with E-state index in [0.717, 1.165) is 0 Å². The number of thiophene rings is 1. The van der Waals surface area contributed by atoms with Crippen LogP contribution in [0.2, 0.25) is 0 Å². The highest BCUT2D eigenvalue weighted by molar-refractivity contribution is 7.09. The Morgan fingerprint density at radius 2 is 2.12 bits per heavy atom. The lowest BCUT2D eigenvalue weighted by Crippen LogP contribution is -2.43. The highest BCUT2D eigenvalue weighted by atomic mass is 32.1. The molecule has 0 spiro atoms. The van der Waals surface area contributed by atoms with Crippen LogP contribution in [0.5, 0.6) is 0 Å². The van der Waals surface area contributed by atoms with Gasteiger partial charge < -0.3 is 10.2 Å². The molecular weight excluding hydrogens is 232 g/mol. The molecule has 0 saturated heterocycles. The quantitative estimate of drug-likeness (QED) is 0.846. The Morgan fingerprint density at radius 1 is 1.41 bits per heavy atom. The van der Waals surface area contributed by atoms with E-state index in [2.05, 4.69) is 25.2 Å². The second-order valence-corrected chi connectivity index (χ2v) is 5.76. The third-order valence-electron chi connectivity index (χ3n) is 2.51. The van der Waals surface area contributed by atoms with E-state index in [1.807, 2.05) is 30.2 Å². The predicted molar refractivity (Wildman–Crippen MR) is 73.1 cm³/mol. The van der Waals surface area contributed by atoms with Gasteiger partial charge >= 0.3 is 0 Å². The number of rotatable bonds is 6. The van der Waals surface area contributed by atoms with Gasteiger partial charge in [-0.3, -0.25) is 4.79 Å². The standard InChI is InChI=1S/C13H22N2OS/c1-10(2)14-8-13(16)15(11(3)4)9-12-6-5-7-17-12/h5-7,10-11,14H,8-9H2,1-4H3. The van der Waals surface area contributed by atoms with E-state index in [0.29, 0.717) is 19.1 Å². The zero-order valence-electron chi connectivity index (χ0n) is 11.1. The van der Waals surface area contributed by atoms with Gasteiger partial charge in [0.2, 0.25) is 5.91 Å². The molecule has 0 aliphatic carbocycles. The minimum absolute atomic E-state index is 0.169. The number of amides is 1. The summed E-state index contributed by atoms with van der Waals surface area (Å²) in [5, 5.41) is 5.22. The molecule has 0 bridgehead atoms. The van der Waals surface area contributed by atoms with Crippen molar-refractivity contribution in [2.24, 2.45) is 0 Å². The number of carbonyl (C=O) groups excluding carboxylic acids is 1.